The number of hydrogen-bond donors (Lipinski definition) is 1. The molecule has 82 valence electrons. The molecular formula is C11H12F3N. The molecule has 0 unspecified atom stereocenters. The highest BCUT2D eigenvalue weighted by atomic mass is 19.1. The van der Waals surface area contributed by atoms with Crippen molar-refractivity contribution >= 4 is 0 Å². The van der Waals surface area contributed by atoms with Crippen LogP contribution >= 0.6 is 0 Å². The van der Waals surface area contributed by atoms with Gasteiger partial charge in [0.05, 0.1) is 0 Å². The summed E-state index contributed by atoms with van der Waals surface area (Å²) in [6, 6.07) is 2.98. The lowest BCUT2D eigenvalue weighted by Gasteiger charge is -2.39. The third-order valence-electron chi connectivity index (χ3n) is 2.70. The van der Waals surface area contributed by atoms with Crippen LogP contribution in [0, 0.1) is 11.6 Å². The lowest BCUT2D eigenvalue weighted by Crippen LogP contribution is -2.49. The van der Waals surface area contributed by atoms with Crippen molar-refractivity contribution < 1.29 is 13.2 Å². The minimum absolute atomic E-state index is 0.0371. The van der Waals surface area contributed by atoms with Crippen LogP contribution in [0.1, 0.15) is 18.4 Å². The molecule has 0 heterocycles. The van der Waals surface area contributed by atoms with Gasteiger partial charge in [-0.3, -0.25) is 0 Å². The molecule has 0 atom stereocenters. The van der Waals surface area contributed by atoms with Crippen molar-refractivity contribution in [2.24, 2.45) is 5.73 Å². The summed E-state index contributed by atoms with van der Waals surface area (Å²) in [5.74, 6) is -1.34. The number of alkyl halides is 1. The summed E-state index contributed by atoms with van der Waals surface area (Å²) in [7, 11) is 0. The Balaban J connectivity index is 2.11. The van der Waals surface area contributed by atoms with E-state index in [0.717, 1.165) is 18.2 Å². The zero-order chi connectivity index (χ0) is 11.1. The fourth-order valence-corrected chi connectivity index (χ4v) is 2.10. The SMILES string of the molecule is NC1CC(F)(Cc2cc(F)cc(F)c2)C1. The zero-order valence-corrected chi connectivity index (χ0v) is 8.14. The molecule has 1 aliphatic carbocycles. The second-order valence-electron chi connectivity index (χ2n) is 4.27. The molecule has 0 amide bonds. The topological polar surface area (TPSA) is 26.0 Å². The molecule has 4 heteroatoms. The van der Waals surface area contributed by atoms with Gasteiger partial charge in [-0.2, -0.15) is 0 Å². The first kappa shape index (κ1) is 10.5. The molecule has 0 spiro atoms. The summed E-state index contributed by atoms with van der Waals surface area (Å²) in [5.41, 5.74) is 4.45. The van der Waals surface area contributed by atoms with Crippen LogP contribution < -0.4 is 5.73 Å². The first-order valence-corrected chi connectivity index (χ1v) is 4.86. The van der Waals surface area contributed by atoms with Crippen molar-refractivity contribution in [2.45, 2.75) is 31.0 Å². The maximum Gasteiger partial charge on any atom is 0.126 e. The highest BCUT2D eigenvalue weighted by Gasteiger charge is 2.42. The second kappa shape index (κ2) is 3.52. The highest BCUT2D eigenvalue weighted by molar-refractivity contribution is 5.21. The molecule has 1 aromatic carbocycles. The van der Waals surface area contributed by atoms with Crippen molar-refractivity contribution in [3.05, 3.63) is 35.4 Å². The number of halogens is 3. The summed E-state index contributed by atoms with van der Waals surface area (Å²) in [5, 5.41) is 0. The summed E-state index contributed by atoms with van der Waals surface area (Å²) in [6.07, 6.45) is 0.575. The summed E-state index contributed by atoms with van der Waals surface area (Å²) >= 11 is 0. The van der Waals surface area contributed by atoms with Crippen LogP contribution in [0.4, 0.5) is 13.2 Å². The Morgan fingerprint density at radius 2 is 1.73 bits per heavy atom. The van der Waals surface area contributed by atoms with E-state index in [2.05, 4.69) is 0 Å². The Labute approximate surface area is 86.1 Å². The monoisotopic (exact) mass is 215 g/mol. The Bertz CT molecular complexity index is 352. The van der Waals surface area contributed by atoms with Crippen molar-refractivity contribution in [1.29, 1.82) is 0 Å². The van der Waals surface area contributed by atoms with Gasteiger partial charge in [0.2, 0.25) is 0 Å². The van der Waals surface area contributed by atoms with Crippen LogP contribution in [0.3, 0.4) is 0 Å². The van der Waals surface area contributed by atoms with Gasteiger partial charge < -0.3 is 5.73 Å². The normalized spacial score (nSPS) is 30.0. The summed E-state index contributed by atoms with van der Waals surface area (Å²) in [6.45, 7) is 0. The predicted octanol–water partition coefficient (Wildman–Crippen LogP) is 2.34. The first-order chi connectivity index (χ1) is 6.97. The Kier molecular flexibility index (Phi) is 2.46. The summed E-state index contributed by atoms with van der Waals surface area (Å²) < 4.78 is 39.4. The third-order valence-corrected chi connectivity index (χ3v) is 2.70. The van der Waals surface area contributed by atoms with Crippen LogP contribution in [-0.4, -0.2) is 11.7 Å². The van der Waals surface area contributed by atoms with Gasteiger partial charge in [0.15, 0.2) is 0 Å². The van der Waals surface area contributed by atoms with E-state index in [1.807, 2.05) is 0 Å². The van der Waals surface area contributed by atoms with Crippen molar-refractivity contribution in [1.82, 2.24) is 0 Å². The molecule has 0 saturated heterocycles. The fraction of sp³-hybridized carbons (Fsp3) is 0.455. The number of benzene rings is 1. The van der Waals surface area contributed by atoms with E-state index in [1.165, 1.54) is 0 Å². The molecule has 1 nitrogen and oxygen atoms in total. The maximum absolute atomic E-state index is 13.8. The standard InChI is InChI=1S/C11H12F3N/c12-8-1-7(2-9(13)3-8)4-11(14)5-10(15)6-11/h1-3,10H,4-6,15H2. The van der Waals surface area contributed by atoms with Gasteiger partial charge in [0, 0.05) is 18.5 Å². The molecule has 0 bridgehead atoms. The maximum atomic E-state index is 13.8. The van der Waals surface area contributed by atoms with E-state index >= 15 is 0 Å². The van der Waals surface area contributed by atoms with Gasteiger partial charge in [-0.25, -0.2) is 13.2 Å². The van der Waals surface area contributed by atoms with E-state index in [-0.39, 0.29) is 25.3 Å². The molecule has 2 rings (SSSR count). The molecule has 1 aromatic rings. The van der Waals surface area contributed by atoms with Crippen molar-refractivity contribution in [3.8, 4) is 0 Å². The van der Waals surface area contributed by atoms with Crippen LogP contribution in [0.15, 0.2) is 18.2 Å². The van der Waals surface area contributed by atoms with Gasteiger partial charge in [-0.05, 0) is 30.5 Å². The van der Waals surface area contributed by atoms with Gasteiger partial charge >= 0.3 is 0 Å². The third kappa shape index (κ3) is 2.31. The minimum atomic E-state index is -1.38. The van der Waals surface area contributed by atoms with Crippen molar-refractivity contribution in [3.63, 3.8) is 0 Å². The van der Waals surface area contributed by atoms with Crippen LogP contribution in [0.25, 0.3) is 0 Å². The fourth-order valence-electron chi connectivity index (χ4n) is 2.10. The number of hydrogen-bond acceptors (Lipinski definition) is 1. The van der Waals surface area contributed by atoms with Gasteiger partial charge in [-0.15, -0.1) is 0 Å². The highest BCUT2D eigenvalue weighted by Crippen LogP contribution is 2.38. The van der Waals surface area contributed by atoms with Gasteiger partial charge in [-0.1, -0.05) is 0 Å². The Morgan fingerprint density at radius 3 is 2.20 bits per heavy atom. The van der Waals surface area contributed by atoms with Crippen LogP contribution in [0.2, 0.25) is 0 Å². The second-order valence-corrected chi connectivity index (χ2v) is 4.27. The molecule has 1 saturated carbocycles. The van der Waals surface area contributed by atoms with Crippen molar-refractivity contribution in [2.75, 3.05) is 0 Å². The lowest BCUT2D eigenvalue weighted by atomic mass is 9.74. The largest absolute Gasteiger partial charge is 0.327 e. The number of rotatable bonds is 2. The Hall–Kier alpha value is -1.03. The molecule has 1 fully saturated rings. The molecule has 0 aliphatic heterocycles. The van der Waals surface area contributed by atoms with E-state index in [4.69, 9.17) is 5.73 Å². The molecular weight excluding hydrogens is 203 g/mol. The lowest BCUT2D eigenvalue weighted by molar-refractivity contribution is 0.0443. The molecule has 15 heavy (non-hydrogen) atoms. The van der Waals surface area contributed by atoms with Crippen LogP contribution in [0.5, 0.6) is 0 Å². The first-order valence-electron chi connectivity index (χ1n) is 4.86. The van der Waals surface area contributed by atoms with E-state index < -0.39 is 17.3 Å². The molecule has 0 aromatic heterocycles. The predicted molar refractivity (Wildman–Crippen MR) is 51.1 cm³/mol. The van der Waals surface area contributed by atoms with E-state index in [1.54, 1.807) is 0 Å². The van der Waals surface area contributed by atoms with Gasteiger partial charge in [0.25, 0.3) is 0 Å². The molecule has 0 radical (unpaired) electrons. The van der Waals surface area contributed by atoms with E-state index in [9.17, 15) is 13.2 Å². The smallest absolute Gasteiger partial charge is 0.126 e. The minimum Gasteiger partial charge on any atom is -0.327 e. The quantitative estimate of drug-likeness (QED) is 0.805. The molecule has 2 N–H and O–H groups in total. The number of nitrogens with two attached hydrogens (primary N) is 1. The molecule has 1 aliphatic rings. The van der Waals surface area contributed by atoms with Crippen LogP contribution in [-0.2, 0) is 6.42 Å². The zero-order valence-electron chi connectivity index (χ0n) is 8.14. The average Bonchev–Trinajstić information content (AvgIpc) is 1.97. The Morgan fingerprint density at radius 1 is 1.20 bits per heavy atom. The summed E-state index contributed by atoms with van der Waals surface area (Å²) in [4.78, 5) is 0. The average molecular weight is 215 g/mol. The van der Waals surface area contributed by atoms with E-state index in [0.29, 0.717) is 5.56 Å². The van der Waals surface area contributed by atoms with Gasteiger partial charge in [0.1, 0.15) is 17.3 Å².